The van der Waals surface area contributed by atoms with Gasteiger partial charge in [0, 0.05) is 44.5 Å². The summed E-state index contributed by atoms with van der Waals surface area (Å²) in [4.78, 5) is 7.23. The molecule has 2 saturated heterocycles. The quantitative estimate of drug-likeness (QED) is 0.312. The molecule has 2 fully saturated rings. The smallest absolute Gasteiger partial charge is 0.243 e. The Morgan fingerprint density at radius 2 is 1.97 bits per heavy atom. The Morgan fingerprint density at radius 3 is 2.63 bits per heavy atom. The highest BCUT2D eigenvalue weighted by atomic mass is 127. The van der Waals surface area contributed by atoms with E-state index in [0.717, 1.165) is 43.3 Å². The number of piperazine rings is 1. The highest BCUT2D eigenvalue weighted by Crippen LogP contribution is 2.22. The second-order valence-corrected chi connectivity index (χ2v) is 10.6. The predicted octanol–water partition coefficient (Wildman–Crippen LogP) is 2.19. The Hall–Kier alpha value is -0.560. The van der Waals surface area contributed by atoms with Crippen molar-refractivity contribution in [3.8, 4) is 0 Å². The van der Waals surface area contributed by atoms with E-state index in [9.17, 15) is 8.42 Å². The molecule has 0 bridgehead atoms. The lowest BCUT2D eigenvalue weighted by Gasteiger charge is -2.32. The number of hydrogen-bond donors (Lipinski definition) is 2. The van der Waals surface area contributed by atoms with Gasteiger partial charge in [-0.15, -0.1) is 24.0 Å². The first-order valence-electron chi connectivity index (χ1n) is 10.4. The molecule has 3 rings (SSSR count). The number of thioether (sulfide) groups is 1. The number of sulfonamides is 1. The van der Waals surface area contributed by atoms with Crippen molar-refractivity contribution in [2.24, 2.45) is 4.99 Å². The summed E-state index contributed by atoms with van der Waals surface area (Å²) in [5, 5.41) is 6.80. The highest BCUT2D eigenvalue weighted by Gasteiger charge is 2.29. The molecule has 2 N–H and O–H groups in total. The van der Waals surface area contributed by atoms with Gasteiger partial charge in [0.05, 0.1) is 11.4 Å². The van der Waals surface area contributed by atoms with E-state index in [1.807, 2.05) is 37.9 Å². The Morgan fingerprint density at radius 1 is 1.23 bits per heavy atom. The van der Waals surface area contributed by atoms with Crippen LogP contribution in [0, 0.1) is 0 Å². The van der Waals surface area contributed by atoms with E-state index in [1.165, 1.54) is 12.2 Å². The minimum atomic E-state index is -3.51. The van der Waals surface area contributed by atoms with Gasteiger partial charge in [-0.3, -0.25) is 0 Å². The van der Waals surface area contributed by atoms with Crippen molar-refractivity contribution in [2.45, 2.75) is 37.2 Å². The zero-order valence-electron chi connectivity index (χ0n) is 17.8. The van der Waals surface area contributed by atoms with Crippen molar-refractivity contribution in [3.63, 3.8) is 0 Å². The number of aliphatic imine (C=N–C) groups is 1. The minimum Gasteiger partial charge on any atom is -0.357 e. The fourth-order valence-electron chi connectivity index (χ4n) is 3.59. The number of halogens is 1. The lowest BCUT2D eigenvalue weighted by atomic mass is 10.2. The maximum Gasteiger partial charge on any atom is 0.243 e. The van der Waals surface area contributed by atoms with Gasteiger partial charge in [0.15, 0.2) is 5.96 Å². The normalized spacial score (nSPS) is 21.7. The van der Waals surface area contributed by atoms with Gasteiger partial charge >= 0.3 is 0 Å². The first-order valence-corrected chi connectivity index (χ1v) is 13.0. The van der Waals surface area contributed by atoms with Crippen LogP contribution in [0.3, 0.4) is 0 Å². The van der Waals surface area contributed by atoms with Crippen LogP contribution in [-0.2, 0) is 16.6 Å². The van der Waals surface area contributed by atoms with Crippen LogP contribution in [0.2, 0.25) is 0 Å². The number of nitrogens with one attached hydrogen (secondary N) is 2. The van der Waals surface area contributed by atoms with Crippen molar-refractivity contribution in [2.75, 3.05) is 51.3 Å². The van der Waals surface area contributed by atoms with E-state index < -0.39 is 10.0 Å². The largest absolute Gasteiger partial charge is 0.357 e. The van der Waals surface area contributed by atoms with E-state index in [0.29, 0.717) is 30.6 Å². The molecule has 7 nitrogen and oxygen atoms in total. The predicted molar refractivity (Wildman–Crippen MR) is 136 cm³/mol. The van der Waals surface area contributed by atoms with E-state index in [1.54, 1.807) is 16.4 Å². The highest BCUT2D eigenvalue weighted by molar-refractivity contribution is 14.0. The fraction of sp³-hybridized carbons (Fsp3) is 0.650. The Bertz CT molecular complexity index is 792. The molecule has 0 amide bonds. The average Bonchev–Trinajstić information content (AvgIpc) is 2.73. The third-order valence-corrected chi connectivity index (χ3v) is 8.52. The molecule has 0 aromatic heterocycles. The summed E-state index contributed by atoms with van der Waals surface area (Å²) >= 11 is 1.97. The van der Waals surface area contributed by atoms with Gasteiger partial charge in [0.1, 0.15) is 0 Å². The number of guanidine groups is 1. The molecule has 0 spiro atoms. The molecule has 0 aliphatic carbocycles. The molecule has 1 unspecified atom stereocenters. The second kappa shape index (κ2) is 12.5. The molecule has 1 aromatic rings. The van der Waals surface area contributed by atoms with Crippen LogP contribution in [0.5, 0.6) is 0 Å². The number of hydrogen-bond acceptors (Lipinski definition) is 5. The van der Waals surface area contributed by atoms with Crippen molar-refractivity contribution >= 4 is 51.7 Å². The standard InChI is InChI=1S/C20H33N5O2S2.HI/c1-3-21-20(23-18-8-6-14-28-16-18)22-15-17-7-4-5-9-19(17)29(26,27)25-12-10-24(2)11-13-25;/h4-5,7,9,18H,3,6,8,10-16H2,1-2H3,(H2,21,22,23);1H. The van der Waals surface area contributed by atoms with Crippen LogP contribution < -0.4 is 10.6 Å². The van der Waals surface area contributed by atoms with E-state index in [4.69, 9.17) is 4.99 Å². The average molecular weight is 568 g/mol. The summed E-state index contributed by atoms with van der Waals surface area (Å²) < 4.78 is 28.0. The molecule has 2 heterocycles. The van der Waals surface area contributed by atoms with Gasteiger partial charge in [-0.2, -0.15) is 16.1 Å². The Balaban J connectivity index is 0.00000320. The molecule has 1 atom stereocenters. The molecule has 2 aliphatic rings. The Kier molecular flexibility index (Phi) is 10.7. The number of benzene rings is 1. The monoisotopic (exact) mass is 567 g/mol. The SMILES string of the molecule is CCNC(=NCc1ccccc1S(=O)(=O)N1CCN(C)CC1)NC1CCCSC1.I. The zero-order chi connectivity index (χ0) is 20.7. The molecular weight excluding hydrogens is 533 g/mol. The van der Waals surface area contributed by atoms with Gasteiger partial charge in [-0.05, 0) is 44.2 Å². The maximum atomic E-state index is 13.2. The summed E-state index contributed by atoms with van der Waals surface area (Å²) in [6.07, 6.45) is 2.36. The van der Waals surface area contributed by atoms with Crippen molar-refractivity contribution in [1.29, 1.82) is 0 Å². The lowest BCUT2D eigenvalue weighted by Crippen LogP contribution is -2.47. The first kappa shape index (κ1) is 25.7. The molecule has 170 valence electrons. The summed E-state index contributed by atoms with van der Waals surface area (Å²) in [5.74, 6) is 3.06. The van der Waals surface area contributed by atoms with Gasteiger partial charge in [-0.1, -0.05) is 18.2 Å². The molecule has 2 aliphatic heterocycles. The van der Waals surface area contributed by atoms with Gasteiger partial charge in [-0.25, -0.2) is 13.4 Å². The van der Waals surface area contributed by atoms with E-state index >= 15 is 0 Å². The molecule has 30 heavy (non-hydrogen) atoms. The number of rotatable bonds is 6. The summed E-state index contributed by atoms with van der Waals surface area (Å²) in [7, 11) is -1.49. The number of nitrogens with zero attached hydrogens (tertiary/aromatic N) is 3. The van der Waals surface area contributed by atoms with Crippen LogP contribution in [0.15, 0.2) is 34.2 Å². The summed E-state index contributed by atoms with van der Waals surface area (Å²) in [6.45, 7) is 5.71. The summed E-state index contributed by atoms with van der Waals surface area (Å²) in [5.41, 5.74) is 0.738. The first-order chi connectivity index (χ1) is 14.0. The second-order valence-electron chi connectivity index (χ2n) is 7.57. The molecular formula is C20H34IN5O2S2. The van der Waals surface area contributed by atoms with Crippen molar-refractivity contribution in [1.82, 2.24) is 19.8 Å². The van der Waals surface area contributed by atoms with Crippen LogP contribution in [0.1, 0.15) is 25.3 Å². The van der Waals surface area contributed by atoms with Gasteiger partial charge in [0.2, 0.25) is 10.0 Å². The van der Waals surface area contributed by atoms with Crippen LogP contribution in [0.4, 0.5) is 0 Å². The van der Waals surface area contributed by atoms with Crippen molar-refractivity contribution in [3.05, 3.63) is 29.8 Å². The minimum absolute atomic E-state index is 0. The summed E-state index contributed by atoms with van der Waals surface area (Å²) in [6, 6.07) is 7.66. The van der Waals surface area contributed by atoms with Crippen molar-refractivity contribution < 1.29 is 8.42 Å². The van der Waals surface area contributed by atoms with Gasteiger partial charge < -0.3 is 15.5 Å². The van der Waals surface area contributed by atoms with Gasteiger partial charge in [0.25, 0.3) is 0 Å². The topological polar surface area (TPSA) is 77.0 Å². The van der Waals surface area contributed by atoms with E-state index in [-0.39, 0.29) is 24.0 Å². The third-order valence-electron chi connectivity index (χ3n) is 5.31. The van der Waals surface area contributed by atoms with Crippen LogP contribution in [-0.4, -0.2) is 80.9 Å². The van der Waals surface area contributed by atoms with Crippen LogP contribution in [0.25, 0.3) is 0 Å². The fourth-order valence-corrected chi connectivity index (χ4v) is 6.29. The van der Waals surface area contributed by atoms with Crippen LogP contribution >= 0.6 is 35.7 Å². The maximum absolute atomic E-state index is 13.2. The molecule has 1 aromatic carbocycles. The Labute approximate surface area is 202 Å². The van der Waals surface area contributed by atoms with E-state index in [2.05, 4.69) is 15.5 Å². The third kappa shape index (κ3) is 6.98. The molecule has 0 saturated carbocycles. The molecule has 0 radical (unpaired) electrons. The molecule has 10 heteroatoms. The lowest BCUT2D eigenvalue weighted by molar-refractivity contribution is 0.222. The number of likely N-dealkylation sites (N-methyl/N-ethyl adjacent to an activating group) is 1. The zero-order valence-corrected chi connectivity index (χ0v) is 21.8.